The lowest BCUT2D eigenvalue weighted by molar-refractivity contribution is -0.138. The maximum Gasteiger partial charge on any atom is 0.417 e. The number of rotatable bonds is 3. The maximum absolute atomic E-state index is 12.9. The van der Waals surface area contributed by atoms with E-state index in [1.807, 2.05) is 0 Å². The number of carbonyl (C=O) groups excluding carboxylic acids is 1. The van der Waals surface area contributed by atoms with E-state index in [1.165, 1.54) is 17.0 Å². The number of hydrogen-bond acceptors (Lipinski definition) is 3. The molecule has 1 heterocycles. The summed E-state index contributed by atoms with van der Waals surface area (Å²) < 4.78 is 44.0. The molecule has 0 unspecified atom stereocenters. The molecule has 7 heteroatoms. The van der Waals surface area contributed by atoms with Crippen LogP contribution in [0.25, 0.3) is 0 Å². The summed E-state index contributed by atoms with van der Waals surface area (Å²) in [6.45, 7) is 2.16. The molecule has 0 aromatic heterocycles. The van der Waals surface area contributed by atoms with Gasteiger partial charge in [0.1, 0.15) is 6.10 Å². The third kappa shape index (κ3) is 3.36. The highest BCUT2D eigenvalue weighted by molar-refractivity contribution is 5.96. The maximum atomic E-state index is 12.9. The lowest BCUT2D eigenvalue weighted by Gasteiger charge is -2.19. The summed E-state index contributed by atoms with van der Waals surface area (Å²) in [5.74, 6) is -0.746. The zero-order valence-corrected chi connectivity index (χ0v) is 11.4. The molecule has 1 aliphatic heterocycles. The Balaban J connectivity index is 2.22. The molecule has 1 amide bonds. The number of aliphatic hydroxyl groups excluding tert-OH is 1. The van der Waals surface area contributed by atoms with Gasteiger partial charge in [-0.3, -0.25) is 4.79 Å². The molecule has 2 rings (SSSR count). The molecular weight excluding hydrogens is 287 g/mol. The van der Waals surface area contributed by atoms with Gasteiger partial charge in [-0.05, 0) is 19.1 Å². The van der Waals surface area contributed by atoms with Crippen LogP contribution in [0.5, 0.6) is 0 Å². The number of likely N-dealkylation sites (tertiary alicyclic amines) is 1. The predicted octanol–water partition coefficient (Wildman–Crippen LogP) is 1.93. The molecule has 0 spiro atoms. The van der Waals surface area contributed by atoms with Gasteiger partial charge in [0, 0.05) is 19.7 Å². The Hall–Kier alpha value is -1.60. The van der Waals surface area contributed by atoms with E-state index < -0.39 is 35.4 Å². The van der Waals surface area contributed by atoms with Crippen LogP contribution in [-0.4, -0.2) is 47.8 Å². The number of benzene rings is 1. The molecule has 1 N–H and O–H groups in total. The van der Waals surface area contributed by atoms with E-state index in [2.05, 4.69) is 0 Å². The second kappa shape index (κ2) is 6.03. The summed E-state index contributed by atoms with van der Waals surface area (Å²) in [4.78, 5) is 13.5. The molecule has 1 aliphatic rings. The number of aliphatic hydroxyl groups is 1. The van der Waals surface area contributed by atoms with Crippen molar-refractivity contribution in [3.8, 4) is 0 Å². The molecule has 0 aliphatic carbocycles. The summed E-state index contributed by atoms with van der Waals surface area (Å²) >= 11 is 0. The minimum atomic E-state index is -4.59. The first-order valence-corrected chi connectivity index (χ1v) is 6.59. The number of carbonyl (C=O) groups is 1. The van der Waals surface area contributed by atoms with E-state index in [9.17, 15) is 23.1 Å². The number of alkyl halides is 3. The van der Waals surface area contributed by atoms with Gasteiger partial charge in [-0.15, -0.1) is 0 Å². The van der Waals surface area contributed by atoms with Crippen LogP contribution >= 0.6 is 0 Å². The zero-order valence-electron chi connectivity index (χ0n) is 11.4. The highest BCUT2D eigenvalue weighted by Crippen LogP contribution is 2.32. The minimum Gasteiger partial charge on any atom is -0.388 e. The van der Waals surface area contributed by atoms with Crippen LogP contribution in [0.1, 0.15) is 22.8 Å². The Bertz CT molecular complexity index is 518. The second-order valence-electron chi connectivity index (χ2n) is 4.81. The second-order valence-corrected chi connectivity index (χ2v) is 4.81. The van der Waals surface area contributed by atoms with Crippen LogP contribution in [0, 0.1) is 0 Å². The molecule has 116 valence electrons. The van der Waals surface area contributed by atoms with Gasteiger partial charge in [0.25, 0.3) is 5.91 Å². The quantitative estimate of drug-likeness (QED) is 0.928. The number of nitrogens with zero attached hydrogens (tertiary/aromatic N) is 1. The molecule has 1 fully saturated rings. The normalized spacial score (nSPS) is 22.6. The number of ether oxygens (including phenoxy) is 1. The van der Waals surface area contributed by atoms with Crippen molar-refractivity contribution in [3.63, 3.8) is 0 Å². The van der Waals surface area contributed by atoms with E-state index in [4.69, 9.17) is 4.74 Å². The van der Waals surface area contributed by atoms with Crippen molar-refractivity contribution in [2.24, 2.45) is 0 Å². The van der Waals surface area contributed by atoms with Gasteiger partial charge in [0.05, 0.1) is 17.2 Å². The zero-order chi connectivity index (χ0) is 15.6. The first kappa shape index (κ1) is 15.8. The van der Waals surface area contributed by atoms with Gasteiger partial charge >= 0.3 is 6.18 Å². The van der Waals surface area contributed by atoms with Crippen molar-refractivity contribution in [1.29, 1.82) is 0 Å². The smallest absolute Gasteiger partial charge is 0.388 e. The number of β-amino-alcohol motifs (C(OH)–C–C–N with tert-alkyl or cyclic N) is 1. The SMILES string of the molecule is CCO[C@H]1CN(C(=O)c2ccccc2C(F)(F)F)C[C@@H]1O. The van der Waals surface area contributed by atoms with E-state index in [1.54, 1.807) is 6.92 Å². The van der Waals surface area contributed by atoms with Crippen molar-refractivity contribution >= 4 is 5.91 Å². The fourth-order valence-corrected chi connectivity index (χ4v) is 2.39. The van der Waals surface area contributed by atoms with Crippen molar-refractivity contribution in [3.05, 3.63) is 35.4 Å². The lowest BCUT2D eigenvalue weighted by atomic mass is 10.1. The molecule has 4 nitrogen and oxygen atoms in total. The number of hydrogen-bond donors (Lipinski definition) is 1. The van der Waals surface area contributed by atoms with Crippen LogP contribution in [0.2, 0.25) is 0 Å². The van der Waals surface area contributed by atoms with Crippen LogP contribution in [0.4, 0.5) is 13.2 Å². The van der Waals surface area contributed by atoms with E-state index in [0.717, 1.165) is 12.1 Å². The summed E-state index contributed by atoms with van der Waals surface area (Å²) in [6.07, 6.45) is -6.03. The molecular formula is C14H16F3NO3. The highest BCUT2D eigenvalue weighted by Gasteiger charge is 2.39. The third-order valence-electron chi connectivity index (χ3n) is 3.37. The largest absolute Gasteiger partial charge is 0.417 e. The Kier molecular flexibility index (Phi) is 4.53. The van der Waals surface area contributed by atoms with Crippen molar-refractivity contribution in [2.45, 2.75) is 25.3 Å². The monoisotopic (exact) mass is 303 g/mol. The Morgan fingerprint density at radius 3 is 2.67 bits per heavy atom. The van der Waals surface area contributed by atoms with Gasteiger partial charge in [-0.1, -0.05) is 12.1 Å². The minimum absolute atomic E-state index is 0.0321. The number of amides is 1. The Morgan fingerprint density at radius 1 is 1.38 bits per heavy atom. The van der Waals surface area contributed by atoms with E-state index in [0.29, 0.717) is 6.61 Å². The predicted molar refractivity (Wildman–Crippen MR) is 68.8 cm³/mol. The molecule has 0 bridgehead atoms. The van der Waals surface area contributed by atoms with Gasteiger partial charge in [-0.25, -0.2) is 0 Å². The molecule has 1 aromatic carbocycles. The fraction of sp³-hybridized carbons (Fsp3) is 0.500. The Morgan fingerprint density at radius 2 is 2.05 bits per heavy atom. The van der Waals surface area contributed by atoms with Gasteiger partial charge in [-0.2, -0.15) is 13.2 Å². The van der Waals surface area contributed by atoms with Gasteiger partial charge in [0.15, 0.2) is 0 Å². The fourth-order valence-electron chi connectivity index (χ4n) is 2.39. The lowest BCUT2D eigenvalue weighted by Crippen LogP contribution is -2.31. The summed E-state index contributed by atoms with van der Waals surface area (Å²) in [5.41, 5.74) is -1.38. The molecule has 0 radical (unpaired) electrons. The average molecular weight is 303 g/mol. The van der Waals surface area contributed by atoms with Crippen LogP contribution in [-0.2, 0) is 10.9 Å². The van der Waals surface area contributed by atoms with Crippen LogP contribution in [0.3, 0.4) is 0 Å². The van der Waals surface area contributed by atoms with Crippen LogP contribution < -0.4 is 0 Å². The topological polar surface area (TPSA) is 49.8 Å². The van der Waals surface area contributed by atoms with Gasteiger partial charge < -0.3 is 14.7 Å². The van der Waals surface area contributed by atoms with Crippen molar-refractivity contribution < 1.29 is 27.8 Å². The standard InChI is InChI=1S/C14H16F3NO3/c1-2-21-12-8-18(7-11(12)19)13(20)9-5-3-4-6-10(9)14(15,16)17/h3-6,11-12,19H,2,7-8H2,1H3/t11-,12-/m0/s1. The Labute approximate surface area is 120 Å². The molecule has 1 aromatic rings. The highest BCUT2D eigenvalue weighted by atomic mass is 19.4. The summed E-state index contributed by atoms with van der Waals surface area (Å²) in [6, 6.07) is 4.64. The van der Waals surface area contributed by atoms with Crippen LogP contribution in [0.15, 0.2) is 24.3 Å². The van der Waals surface area contributed by atoms with Crippen molar-refractivity contribution in [1.82, 2.24) is 4.90 Å². The molecule has 0 saturated carbocycles. The molecule has 2 atom stereocenters. The molecule has 21 heavy (non-hydrogen) atoms. The van der Waals surface area contributed by atoms with Crippen molar-refractivity contribution in [2.75, 3.05) is 19.7 Å². The first-order chi connectivity index (χ1) is 9.84. The first-order valence-electron chi connectivity index (χ1n) is 6.59. The molecule has 1 saturated heterocycles. The third-order valence-corrected chi connectivity index (χ3v) is 3.37. The van der Waals surface area contributed by atoms with E-state index in [-0.39, 0.29) is 13.1 Å². The summed E-state index contributed by atoms with van der Waals surface area (Å²) in [7, 11) is 0. The summed E-state index contributed by atoms with van der Waals surface area (Å²) in [5, 5.41) is 9.77. The average Bonchev–Trinajstić information content (AvgIpc) is 2.79. The van der Waals surface area contributed by atoms with E-state index >= 15 is 0 Å². The van der Waals surface area contributed by atoms with Gasteiger partial charge in [0.2, 0.25) is 0 Å². The number of halogens is 3.